The van der Waals surface area contributed by atoms with Crippen LogP contribution in [0, 0.1) is 5.92 Å². The van der Waals surface area contributed by atoms with Crippen LogP contribution in [0.25, 0.3) is 10.8 Å². The summed E-state index contributed by atoms with van der Waals surface area (Å²) in [5.74, 6) is 0.350. The molecule has 0 aromatic heterocycles. The van der Waals surface area contributed by atoms with Crippen LogP contribution in [0.3, 0.4) is 0 Å². The minimum Gasteiger partial charge on any atom is -0.316 e. The Kier molecular flexibility index (Phi) is 0.805. The van der Waals surface area contributed by atoms with Gasteiger partial charge in [-0.05, 0) is 35.2 Å². The zero-order chi connectivity index (χ0) is 16.7. The number of fused-ring (bicyclic) bond motifs is 2. The van der Waals surface area contributed by atoms with E-state index in [1.54, 1.807) is 0 Å². The predicted octanol–water partition coefficient (Wildman–Crippen LogP) is 2.70. The number of nitrogens with one attached hydrogen (secondary N) is 1. The van der Waals surface area contributed by atoms with Crippen molar-refractivity contribution in [2.24, 2.45) is 5.92 Å². The Hall–Kier alpha value is -1.34. The third-order valence-electron chi connectivity index (χ3n) is 3.81. The first kappa shape index (κ1) is 4.50. The molecule has 4 rings (SSSR count). The van der Waals surface area contributed by atoms with Crippen molar-refractivity contribution >= 4 is 10.8 Å². The molecule has 1 heterocycles. The SMILES string of the molecule is [2H]c1c([2H])c([2H])c2c([2H])c([C@]34CNC[C@H]3C4)c([2H])c([2H])c2c1[2H]. The number of hydrogen-bond acceptors (Lipinski definition) is 1. The van der Waals surface area contributed by atoms with Crippen LogP contribution >= 0.6 is 0 Å². The lowest BCUT2D eigenvalue weighted by Gasteiger charge is -2.13. The third-order valence-corrected chi connectivity index (χ3v) is 3.81. The lowest BCUT2D eigenvalue weighted by Crippen LogP contribution is -2.19. The lowest BCUT2D eigenvalue weighted by molar-refractivity contribution is 0.676. The molecule has 1 aliphatic carbocycles. The molecule has 2 atom stereocenters. The predicted molar refractivity (Wildman–Crippen MR) is 66.6 cm³/mol. The van der Waals surface area contributed by atoms with Gasteiger partial charge in [0, 0.05) is 12.0 Å². The number of rotatable bonds is 1. The molecule has 1 N–H and O–H groups in total. The zero-order valence-electron chi connectivity index (χ0n) is 15.7. The average molecular weight is 216 g/mol. The van der Waals surface area contributed by atoms with Crippen molar-refractivity contribution in [1.29, 1.82) is 0 Å². The highest BCUT2D eigenvalue weighted by molar-refractivity contribution is 5.83. The highest BCUT2D eigenvalue weighted by atomic mass is 15.0. The van der Waals surface area contributed by atoms with Crippen LogP contribution in [-0.4, -0.2) is 13.1 Å². The highest BCUT2D eigenvalue weighted by Crippen LogP contribution is 2.56. The molecule has 0 amide bonds. The van der Waals surface area contributed by atoms with E-state index in [9.17, 15) is 0 Å². The Morgan fingerprint density at radius 1 is 1.19 bits per heavy atom. The quantitative estimate of drug-likeness (QED) is 0.773. The summed E-state index contributed by atoms with van der Waals surface area (Å²) in [4.78, 5) is 0. The number of hydrogen-bond donors (Lipinski definition) is 1. The van der Waals surface area contributed by atoms with Crippen LogP contribution in [0.15, 0.2) is 42.3 Å². The Morgan fingerprint density at radius 3 is 2.81 bits per heavy atom. The molecule has 1 saturated heterocycles. The molecule has 2 fully saturated rings. The molecule has 1 heteroatoms. The van der Waals surface area contributed by atoms with E-state index in [1.165, 1.54) is 0 Å². The monoisotopic (exact) mass is 216 g/mol. The van der Waals surface area contributed by atoms with E-state index < -0.39 is 12.1 Å². The Bertz CT molecular complexity index is 879. The fourth-order valence-electron chi connectivity index (χ4n) is 2.76. The maximum absolute atomic E-state index is 8.52. The molecule has 2 aromatic carbocycles. The van der Waals surface area contributed by atoms with Gasteiger partial charge in [0.25, 0.3) is 0 Å². The van der Waals surface area contributed by atoms with Crippen molar-refractivity contribution in [1.82, 2.24) is 5.32 Å². The second-order valence-electron chi connectivity index (χ2n) is 4.69. The second kappa shape index (κ2) is 2.86. The maximum Gasteiger partial charge on any atom is 0.0632 e. The summed E-state index contributed by atoms with van der Waals surface area (Å²) in [6.45, 7) is 1.49. The highest BCUT2D eigenvalue weighted by Gasteiger charge is 2.57. The average Bonchev–Trinajstić information content (AvgIpc) is 3.07. The normalized spacial score (nSPS) is 37.8. The Morgan fingerprint density at radius 2 is 2.06 bits per heavy atom. The number of benzene rings is 2. The van der Waals surface area contributed by atoms with Crippen LogP contribution < -0.4 is 5.32 Å². The molecule has 2 aliphatic rings. The minimum atomic E-state index is -0.424. The first-order valence-corrected chi connectivity index (χ1v) is 5.52. The number of piperidine rings is 1. The lowest BCUT2D eigenvalue weighted by atomic mass is 9.93. The van der Waals surface area contributed by atoms with Gasteiger partial charge in [0.15, 0.2) is 0 Å². The molecule has 16 heavy (non-hydrogen) atoms. The second-order valence-corrected chi connectivity index (χ2v) is 4.69. The molecule has 80 valence electrons. The minimum absolute atomic E-state index is 0.0146. The van der Waals surface area contributed by atoms with Gasteiger partial charge in [-0.1, -0.05) is 42.3 Å². The van der Waals surface area contributed by atoms with Gasteiger partial charge >= 0.3 is 0 Å². The van der Waals surface area contributed by atoms with Crippen LogP contribution in [0.4, 0.5) is 0 Å². The first-order chi connectivity index (χ1) is 10.8. The van der Waals surface area contributed by atoms with E-state index in [-0.39, 0.29) is 46.4 Å². The molecular weight excluding hydrogens is 194 g/mol. The van der Waals surface area contributed by atoms with Crippen LogP contribution in [0.5, 0.6) is 0 Å². The summed E-state index contributed by atoms with van der Waals surface area (Å²) < 4.78 is 56.8. The van der Waals surface area contributed by atoms with Crippen molar-refractivity contribution in [2.45, 2.75) is 11.8 Å². The standard InChI is InChI=1S/C15H15N/c1-2-4-12-7-13(6-5-11(12)3-1)15-8-14(15)9-16-10-15/h1-7,14,16H,8-10H2/t14-,15+/m1/s1/i1D,2D,3D,4D,5D,6D,7D. The van der Waals surface area contributed by atoms with Gasteiger partial charge in [-0.15, -0.1) is 0 Å². The van der Waals surface area contributed by atoms with Crippen LogP contribution in [-0.2, 0) is 5.41 Å². The summed E-state index contributed by atoms with van der Waals surface area (Å²) >= 11 is 0. The fraction of sp³-hybridized carbons (Fsp3) is 0.333. The molecule has 0 unspecified atom stereocenters. The fourth-order valence-corrected chi connectivity index (χ4v) is 2.76. The molecule has 2 aromatic rings. The molecule has 0 bridgehead atoms. The van der Waals surface area contributed by atoms with Crippen LogP contribution in [0.2, 0.25) is 0 Å². The molecule has 0 radical (unpaired) electrons. The molecule has 0 spiro atoms. The van der Waals surface area contributed by atoms with Crippen molar-refractivity contribution in [2.75, 3.05) is 13.1 Å². The van der Waals surface area contributed by atoms with E-state index >= 15 is 0 Å². The summed E-state index contributed by atoms with van der Waals surface area (Å²) in [7, 11) is 0. The van der Waals surface area contributed by atoms with Crippen molar-refractivity contribution in [3.8, 4) is 0 Å². The summed E-state index contributed by atoms with van der Waals surface area (Å²) in [5.41, 5.74) is 0.157. The third kappa shape index (κ3) is 1.04. The van der Waals surface area contributed by atoms with E-state index in [0.717, 1.165) is 13.0 Å². The van der Waals surface area contributed by atoms with Gasteiger partial charge in [-0.3, -0.25) is 0 Å². The largest absolute Gasteiger partial charge is 0.316 e. The van der Waals surface area contributed by atoms with Gasteiger partial charge in [0.2, 0.25) is 0 Å². The summed E-state index contributed by atoms with van der Waals surface area (Å²) in [6.07, 6.45) is 0.869. The van der Waals surface area contributed by atoms with Crippen molar-refractivity contribution in [3.05, 3.63) is 47.9 Å². The molecule has 1 aliphatic heterocycles. The molecular formula is C15H15N. The topological polar surface area (TPSA) is 12.0 Å². The summed E-state index contributed by atoms with van der Waals surface area (Å²) in [6, 6.07) is -1.74. The summed E-state index contributed by atoms with van der Waals surface area (Å²) in [5, 5.41) is 3.30. The van der Waals surface area contributed by atoms with Gasteiger partial charge in [0.1, 0.15) is 0 Å². The van der Waals surface area contributed by atoms with Gasteiger partial charge < -0.3 is 5.32 Å². The van der Waals surface area contributed by atoms with Gasteiger partial charge in [0.05, 0.1) is 9.60 Å². The smallest absolute Gasteiger partial charge is 0.0632 e. The van der Waals surface area contributed by atoms with Crippen LogP contribution in [0.1, 0.15) is 21.6 Å². The first-order valence-electron chi connectivity index (χ1n) is 9.02. The van der Waals surface area contributed by atoms with Crippen molar-refractivity contribution < 1.29 is 9.60 Å². The van der Waals surface area contributed by atoms with Gasteiger partial charge in [-0.25, -0.2) is 0 Å². The Balaban J connectivity index is 2.16. The van der Waals surface area contributed by atoms with E-state index in [1.807, 2.05) is 0 Å². The van der Waals surface area contributed by atoms with E-state index in [0.29, 0.717) is 18.0 Å². The molecule has 1 nitrogen and oxygen atoms in total. The van der Waals surface area contributed by atoms with E-state index in [2.05, 4.69) is 5.32 Å². The van der Waals surface area contributed by atoms with Gasteiger partial charge in [-0.2, -0.15) is 0 Å². The zero-order valence-corrected chi connectivity index (χ0v) is 8.70. The van der Waals surface area contributed by atoms with Crippen molar-refractivity contribution in [3.63, 3.8) is 0 Å². The Labute approximate surface area is 105 Å². The maximum atomic E-state index is 8.52. The van der Waals surface area contributed by atoms with E-state index in [4.69, 9.17) is 9.60 Å². The molecule has 1 saturated carbocycles.